The third kappa shape index (κ3) is 2.95. The van der Waals surface area contributed by atoms with Crippen LogP contribution in [0.3, 0.4) is 0 Å². The summed E-state index contributed by atoms with van der Waals surface area (Å²) in [6.45, 7) is 2.63. The molecule has 0 bridgehead atoms. The zero-order valence-electron chi connectivity index (χ0n) is 12.2. The van der Waals surface area contributed by atoms with Crippen molar-refractivity contribution in [1.82, 2.24) is 14.9 Å². The van der Waals surface area contributed by atoms with E-state index in [1.807, 2.05) is 0 Å². The molecule has 1 aliphatic rings. The van der Waals surface area contributed by atoms with Gasteiger partial charge in [0.05, 0.1) is 5.69 Å². The third-order valence-electron chi connectivity index (χ3n) is 3.60. The molecule has 0 saturated heterocycles. The zero-order chi connectivity index (χ0) is 15.5. The normalized spacial score (nSPS) is 13.4. The molecule has 0 unspecified atom stereocenters. The summed E-state index contributed by atoms with van der Waals surface area (Å²) in [5, 5.41) is 2.68. The molecule has 112 valence electrons. The van der Waals surface area contributed by atoms with Gasteiger partial charge in [0.2, 0.25) is 5.91 Å². The SMILES string of the molecule is CC(=O)Nc1ccc(C(=O)N2CCc3ncncc3C2)cc1. The highest BCUT2D eigenvalue weighted by molar-refractivity contribution is 5.95. The van der Waals surface area contributed by atoms with Crippen LogP contribution in [-0.4, -0.2) is 33.2 Å². The van der Waals surface area contributed by atoms with Crippen LogP contribution < -0.4 is 5.32 Å². The zero-order valence-corrected chi connectivity index (χ0v) is 12.2. The molecule has 0 atom stereocenters. The van der Waals surface area contributed by atoms with Gasteiger partial charge in [-0.1, -0.05) is 0 Å². The van der Waals surface area contributed by atoms with Crippen molar-refractivity contribution in [3.8, 4) is 0 Å². The molecule has 6 heteroatoms. The Kier molecular flexibility index (Phi) is 3.82. The highest BCUT2D eigenvalue weighted by atomic mass is 16.2. The van der Waals surface area contributed by atoms with Gasteiger partial charge >= 0.3 is 0 Å². The highest BCUT2D eigenvalue weighted by Gasteiger charge is 2.22. The maximum Gasteiger partial charge on any atom is 0.254 e. The number of amides is 2. The van der Waals surface area contributed by atoms with Gasteiger partial charge in [0, 0.05) is 49.4 Å². The molecule has 0 fully saturated rings. The van der Waals surface area contributed by atoms with E-state index in [9.17, 15) is 9.59 Å². The Bertz CT molecular complexity index is 712. The number of benzene rings is 1. The first-order valence-electron chi connectivity index (χ1n) is 7.08. The number of anilines is 1. The van der Waals surface area contributed by atoms with Crippen molar-refractivity contribution in [3.05, 3.63) is 53.6 Å². The maximum atomic E-state index is 12.5. The van der Waals surface area contributed by atoms with E-state index in [-0.39, 0.29) is 11.8 Å². The van der Waals surface area contributed by atoms with Crippen LogP contribution >= 0.6 is 0 Å². The Labute approximate surface area is 128 Å². The van der Waals surface area contributed by atoms with Gasteiger partial charge < -0.3 is 10.2 Å². The Hall–Kier alpha value is -2.76. The van der Waals surface area contributed by atoms with E-state index >= 15 is 0 Å². The monoisotopic (exact) mass is 296 g/mol. The first kappa shape index (κ1) is 14.2. The predicted molar refractivity (Wildman–Crippen MR) is 81.2 cm³/mol. The molecule has 2 heterocycles. The van der Waals surface area contributed by atoms with Crippen molar-refractivity contribution >= 4 is 17.5 Å². The first-order valence-corrected chi connectivity index (χ1v) is 7.08. The number of carbonyl (C=O) groups is 2. The molecule has 0 saturated carbocycles. The summed E-state index contributed by atoms with van der Waals surface area (Å²) < 4.78 is 0. The minimum Gasteiger partial charge on any atom is -0.334 e. The van der Waals surface area contributed by atoms with Gasteiger partial charge in [-0.2, -0.15) is 0 Å². The van der Waals surface area contributed by atoms with E-state index in [1.54, 1.807) is 35.4 Å². The Balaban J connectivity index is 1.73. The van der Waals surface area contributed by atoms with Crippen LogP contribution in [-0.2, 0) is 17.8 Å². The lowest BCUT2D eigenvalue weighted by molar-refractivity contribution is -0.114. The van der Waals surface area contributed by atoms with Gasteiger partial charge in [-0.15, -0.1) is 0 Å². The minimum absolute atomic E-state index is 0.0242. The molecule has 2 aromatic rings. The fourth-order valence-electron chi connectivity index (χ4n) is 2.52. The Morgan fingerprint density at radius 3 is 2.73 bits per heavy atom. The smallest absolute Gasteiger partial charge is 0.254 e. The molecular formula is C16H16N4O2. The summed E-state index contributed by atoms with van der Waals surface area (Å²) in [6, 6.07) is 6.92. The van der Waals surface area contributed by atoms with Gasteiger partial charge in [0.25, 0.3) is 5.91 Å². The molecule has 1 aromatic heterocycles. The van der Waals surface area contributed by atoms with Crippen molar-refractivity contribution < 1.29 is 9.59 Å². The quantitative estimate of drug-likeness (QED) is 0.914. The molecule has 1 aliphatic heterocycles. The van der Waals surface area contributed by atoms with Crippen molar-refractivity contribution in [2.24, 2.45) is 0 Å². The van der Waals surface area contributed by atoms with E-state index < -0.39 is 0 Å². The van der Waals surface area contributed by atoms with E-state index in [2.05, 4.69) is 15.3 Å². The van der Waals surface area contributed by atoms with Crippen molar-refractivity contribution in [2.45, 2.75) is 19.9 Å². The number of hydrogen-bond acceptors (Lipinski definition) is 4. The van der Waals surface area contributed by atoms with Crippen molar-refractivity contribution in [1.29, 1.82) is 0 Å². The lowest BCUT2D eigenvalue weighted by atomic mass is 10.1. The first-order chi connectivity index (χ1) is 10.6. The summed E-state index contributed by atoms with van der Waals surface area (Å²) in [4.78, 5) is 33.6. The molecule has 6 nitrogen and oxygen atoms in total. The third-order valence-corrected chi connectivity index (χ3v) is 3.60. The van der Waals surface area contributed by atoms with Gasteiger partial charge in [0.1, 0.15) is 6.33 Å². The number of hydrogen-bond donors (Lipinski definition) is 1. The van der Waals surface area contributed by atoms with Crippen LogP contribution in [0.2, 0.25) is 0 Å². The van der Waals surface area contributed by atoms with Gasteiger partial charge in [-0.25, -0.2) is 9.97 Å². The van der Waals surface area contributed by atoms with Crippen LogP contribution in [0.4, 0.5) is 5.69 Å². The summed E-state index contributed by atoms with van der Waals surface area (Å²) >= 11 is 0. The molecular weight excluding hydrogens is 280 g/mol. The number of nitrogens with one attached hydrogen (secondary N) is 1. The van der Waals surface area contributed by atoms with Crippen molar-refractivity contribution in [2.75, 3.05) is 11.9 Å². The molecule has 1 aromatic carbocycles. The number of nitrogens with zero attached hydrogens (tertiary/aromatic N) is 3. The molecule has 22 heavy (non-hydrogen) atoms. The summed E-state index contributed by atoms with van der Waals surface area (Å²) in [5.74, 6) is -0.157. The van der Waals surface area contributed by atoms with Gasteiger partial charge in [-0.3, -0.25) is 9.59 Å². The second kappa shape index (κ2) is 5.93. The second-order valence-corrected chi connectivity index (χ2v) is 5.23. The largest absolute Gasteiger partial charge is 0.334 e. The Morgan fingerprint density at radius 1 is 1.23 bits per heavy atom. The molecule has 0 spiro atoms. The van der Waals surface area contributed by atoms with Crippen LogP contribution in [0, 0.1) is 0 Å². The predicted octanol–water partition coefficient (Wildman–Crippen LogP) is 1.63. The average Bonchev–Trinajstić information content (AvgIpc) is 2.54. The van der Waals surface area contributed by atoms with Crippen molar-refractivity contribution in [3.63, 3.8) is 0 Å². The highest BCUT2D eigenvalue weighted by Crippen LogP contribution is 2.19. The molecule has 1 N–H and O–H groups in total. The number of aromatic nitrogens is 2. The van der Waals surface area contributed by atoms with E-state index in [1.165, 1.54) is 13.3 Å². The molecule has 0 radical (unpaired) electrons. The van der Waals surface area contributed by atoms with Crippen LogP contribution in [0.25, 0.3) is 0 Å². The second-order valence-electron chi connectivity index (χ2n) is 5.23. The molecule has 0 aliphatic carbocycles. The van der Waals surface area contributed by atoms with Crippen LogP contribution in [0.15, 0.2) is 36.8 Å². The summed E-state index contributed by atoms with van der Waals surface area (Å²) in [7, 11) is 0. The number of fused-ring (bicyclic) bond motifs is 1. The van der Waals surface area contributed by atoms with E-state index in [0.717, 1.165) is 17.7 Å². The topological polar surface area (TPSA) is 75.2 Å². The standard InChI is InChI=1S/C16H16N4O2/c1-11(21)19-14-4-2-12(3-5-14)16(22)20-7-6-15-13(9-20)8-17-10-18-15/h2-5,8,10H,6-7,9H2,1H3,(H,19,21). The van der Waals surface area contributed by atoms with Crippen LogP contribution in [0.1, 0.15) is 28.5 Å². The number of rotatable bonds is 2. The maximum absolute atomic E-state index is 12.5. The van der Waals surface area contributed by atoms with Crippen LogP contribution in [0.5, 0.6) is 0 Å². The molecule has 3 rings (SSSR count). The minimum atomic E-state index is -0.133. The fourth-order valence-corrected chi connectivity index (χ4v) is 2.52. The summed E-state index contributed by atoms with van der Waals surface area (Å²) in [6.07, 6.45) is 4.05. The number of carbonyl (C=O) groups excluding carboxylic acids is 2. The lowest BCUT2D eigenvalue weighted by Gasteiger charge is -2.27. The average molecular weight is 296 g/mol. The van der Waals surface area contributed by atoms with E-state index in [4.69, 9.17) is 0 Å². The Morgan fingerprint density at radius 2 is 2.00 bits per heavy atom. The lowest BCUT2D eigenvalue weighted by Crippen LogP contribution is -2.36. The fraction of sp³-hybridized carbons (Fsp3) is 0.250. The molecule has 2 amide bonds. The van der Waals surface area contributed by atoms with Gasteiger partial charge in [0.15, 0.2) is 0 Å². The van der Waals surface area contributed by atoms with E-state index in [0.29, 0.717) is 24.3 Å². The summed E-state index contributed by atoms with van der Waals surface area (Å²) in [5.41, 5.74) is 3.30. The van der Waals surface area contributed by atoms with Gasteiger partial charge in [-0.05, 0) is 24.3 Å².